The highest BCUT2D eigenvalue weighted by molar-refractivity contribution is 7.98. The standard InChI is InChI=1S/C21H24N2O3S/c1-23(16-9-14-11-20(24)22-12-15(14)10-16)21(25)19-8-7-17(26-19)13-27-18-5-3-2-4-6-18/h2-8,14-16H,9-13H2,1H3,(H,22,24)/t14-,15+,16-/m0/s1. The molecular formula is C21H24N2O3S. The van der Waals surface area contributed by atoms with Crippen LogP contribution in [0, 0.1) is 11.8 Å². The highest BCUT2D eigenvalue weighted by atomic mass is 32.2. The van der Waals surface area contributed by atoms with Crippen LogP contribution in [0.1, 0.15) is 35.6 Å². The zero-order chi connectivity index (χ0) is 18.8. The molecule has 1 aliphatic heterocycles. The number of rotatable bonds is 5. The van der Waals surface area contributed by atoms with E-state index in [1.165, 1.54) is 4.90 Å². The second-order valence-electron chi connectivity index (χ2n) is 7.44. The average molecular weight is 385 g/mol. The Hall–Kier alpha value is -2.21. The molecular weight excluding hydrogens is 360 g/mol. The smallest absolute Gasteiger partial charge is 0.289 e. The second-order valence-corrected chi connectivity index (χ2v) is 8.49. The third-order valence-electron chi connectivity index (χ3n) is 5.69. The first-order valence-electron chi connectivity index (χ1n) is 9.40. The number of fused-ring (bicyclic) bond motifs is 1. The first-order chi connectivity index (χ1) is 13.1. The fraction of sp³-hybridized carbons (Fsp3) is 0.429. The molecule has 27 heavy (non-hydrogen) atoms. The molecule has 1 aromatic carbocycles. The fourth-order valence-corrected chi connectivity index (χ4v) is 4.95. The lowest BCUT2D eigenvalue weighted by molar-refractivity contribution is -0.124. The minimum Gasteiger partial charge on any atom is -0.455 e. The van der Waals surface area contributed by atoms with Gasteiger partial charge in [-0.25, -0.2) is 0 Å². The van der Waals surface area contributed by atoms with Gasteiger partial charge in [0.15, 0.2) is 5.76 Å². The molecule has 1 aliphatic carbocycles. The number of piperidine rings is 1. The highest BCUT2D eigenvalue weighted by Crippen LogP contribution is 2.38. The molecule has 0 bridgehead atoms. The molecule has 0 spiro atoms. The lowest BCUT2D eigenvalue weighted by Gasteiger charge is -2.24. The van der Waals surface area contributed by atoms with Crippen LogP contribution in [0.2, 0.25) is 0 Å². The Balaban J connectivity index is 1.35. The van der Waals surface area contributed by atoms with Crippen molar-refractivity contribution < 1.29 is 14.0 Å². The van der Waals surface area contributed by atoms with Gasteiger partial charge in [0.25, 0.3) is 5.91 Å². The monoisotopic (exact) mass is 384 g/mol. The average Bonchev–Trinajstić information content (AvgIpc) is 3.32. The SMILES string of the molecule is CN(C(=O)c1ccc(CSc2ccccc2)o1)[C@H]1C[C@H]2CC(=O)NC[C@H]2C1. The summed E-state index contributed by atoms with van der Waals surface area (Å²) in [5, 5.41) is 2.94. The van der Waals surface area contributed by atoms with Crippen molar-refractivity contribution in [2.75, 3.05) is 13.6 Å². The Labute approximate surface area is 163 Å². The summed E-state index contributed by atoms with van der Waals surface area (Å²) in [4.78, 5) is 27.4. The van der Waals surface area contributed by atoms with Crippen molar-refractivity contribution in [3.63, 3.8) is 0 Å². The third kappa shape index (κ3) is 4.05. The predicted molar refractivity (Wildman–Crippen MR) is 104 cm³/mol. The number of hydrogen-bond donors (Lipinski definition) is 1. The molecule has 3 atom stereocenters. The van der Waals surface area contributed by atoms with Crippen LogP contribution in [-0.2, 0) is 10.5 Å². The molecule has 5 nitrogen and oxygen atoms in total. The summed E-state index contributed by atoms with van der Waals surface area (Å²) < 4.78 is 5.81. The van der Waals surface area contributed by atoms with E-state index in [0.29, 0.717) is 29.8 Å². The van der Waals surface area contributed by atoms with E-state index < -0.39 is 0 Å². The quantitative estimate of drug-likeness (QED) is 0.801. The van der Waals surface area contributed by atoms with E-state index in [1.807, 2.05) is 31.3 Å². The summed E-state index contributed by atoms with van der Waals surface area (Å²) in [5.41, 5.74) is 0. The van der Waals surface area contributed by atoms with Gasteiger partial charge < -0.3 is 14.6 Å². The molecule has 6 heteroatoms. The minimum atomic E-state index is -0.0751. The number of furan rings is 1. The molecule has 1 N–H and O–H groups in total. The molecule has 1 aromatic heterocycles. The normalized spacial score (nSPS) is 24.3. The molecule has 2 aliphatic rings. The summed E-state index contributed by atoms with van der Waals surface area (Å²) in [6.07, 6.45) is 2.44. The molecule has 4 rings (SSSR count). The molecule has 0 unspecified atom stereocenters. The Morgan fingerprint density at radius 1 is 1.19 bits per heavy atom. The van der Waals surface area contributed by atoms with Crippen LogP contribution >= 0.6 is 11.8 Å². The van der Waals surface area contributed by atoms with E-state index in [4.69, 9.17) is 4.42 Å². The van der Waals surface area contributed by atoms with Crippen molar-refractivity contribution in [3.05, 3.63) is 54.0 Å². The minimum absolute atomic E-state index is 0.0751. The highest BCUT2D eigenvalue weighted by Gasteiger charge is 2.41. The van der Waals surface area contributed by atoms with Crippen molar-refractivity contribution in [1.29, 1.82) is 0 Å². The van der Waals surface area contributed by atoms with Crippen molar-refractivity contribution >= 4 is 23.6 Å². The maximum atomic E-state index is 12.8. The first-order valence-corrected chi connectivity index (χ1v) is 10.4. The lowest BCUT2D eigenvalue weighted by atomic mass is 9.89. The van der Waals surface area contributed by atoms with Crippen LogP contribution in [0.25, 0.3) is 0 Å². The van der Waals surface area contributed by atoms with E-state index in [2.05, 4.69) is 17.4 Å². The lowest BCUT2D eigenvalue weighted by Crippen LogP contribution is -2.38. The van der Waals surface area contributed by atoms with Crippen molar-refractivity contribution in [3.8, 4) is 0 Å². The van der Waals surface area contributed by atoms with Crippen LogP contribution in [0.5, 0.6) is 0 Å². The Morgan fingerprint density at radius 3 is 2.78 bits per heavy atom. The van der Waals surface area contributed by atoms with Gasteiger partial charge in [-0.15, -0.1) is 11.8 Å². The van der Waals surface area contributed by atoms with Crippen LogP contribution in [0.3, 0.4) is 0 Å². The van der Waals surface area contributed by atoms with Gasteiger partial charge >= 0.3 is 0 Å². The number of carbonyl (C=O) groups excluding carboxylic acids is 2. The van der Waals surface area contributed by atoms with Gasteiger partial charge in [-0.3, -0.25) is 9.59 Å². The number of nitrogens with one attached hydrogen (secondary N) is 1. The number of amides is 2. The van der Waals surface area contributed by atoms with Crippen LogP contribution in [0.4, 0.5) is 0 Å². The molecule has 0 radical (unpaired) electrons. The zero-order valence-corrected chi connectivity index (χ0v) is 16.2. The van der Waals surface area contributed by atoms with E-state index in [-0.39, 0.29) is 17.9 Å². The summed E-state index contributed by atoms with van der Waals surface area (Å²) in [6.45, 7) is 0.740. The van der Waals surface area contributed by atoms with Gasteiger partial charge in [0.2, 0.25) is 5.91 Å². The number of nitrogens with zero attached hydrogens (tertiary/aromatic N) is 1. The summed E-state index contributed by atoms with van der Waals surface area (Å²) in [6, 6.07) is 14.0. The van der Waals surface area contributed by atoms with Gasteiger partial charge in [0.1, 0.15) is 5.76 Å². The number of benzene rings is 1. The summed E-state index contributed by atoms with van der Waals surface area (Å²) in [7, 11) is 1.85. The van der Waals surface area contributed by atoms with Crippen molar-refractivity contribution in [2.24, 2.45) is 11.8 Å². The molecule has 2 amide bonds. The van der Waals surface area contributed by atoms with Gasteiger partial charge in [-0.05, 0) is 48.9 Å². The van der Waals surface area contributed by atoms with E-state index in [0.717, 1.165) is 25.1 Å². The largest absolute Gasteiger partial charge is 0.455 e. The molecule has 1 saturated carbocycles. The van der Waals surface area contributed by atoms with Gasteiger partial charge in [-0.1, -0.05) is 18.2 Å². The Kier molecular flexibility index (Phi) is 5.25. The summed E-state index contributed by atoms with van der Waals surface area (Å²) >= 11 is 1.69. The molecule has 142 valence electrons. The zero-order valence-electron chi connectivity index (χ0n) is 15.4. The molecule has 2 aromatic rings. The maximum absolute atomic E-state index is 12.8. The maximum Gasteiger partial charge on any atom is 0.289 e. The Morgan fingerprint density at radius 2 is 1.96 bits per heavy atom. The number of thioether (sulfide) groups is 1. The van der Waals surface area contributed by atoms with Gasteiger partial charge in [0, 0.05) is 31.0 Å². The molecule has 1 saturated heterocycles. The van der Waals surface area contributed by atoms with E-state index in [9.17, 15) is 9.59 Å². The summed E-state index contributed by atoms with van der Waals surface area (Å²) in [5.74, 6) is 2.83. The topological polar surface area (TPSA) is 62.6 Å². The van der Waals surface area contributed by atoms with Gasteiger partial charge in [0.05, 0.1) is 5.75 Å². The van der Waals surface area contributed by atoms with E-state index in [1.54, 1.807) is 22.7 Å². The molecule has 2 heterocycles. The van der Waals surface area contributed by atoms with Crippen LogP contribution < -0.4 is 5.32 Å². The van der Waals surface area contributed by atoms with Gasteiger partial charge in [-0.2, -0.15) is 0 Å². The van der Waals surface area contributed by atoms with Crippen molar-refractivity contribution in [1.82, 2.24) is 10.2 Å². The van der Waals surface area contributed by atoms with E-state index >= 15 is 0 Å². The fourth-order valence-electron chi connectivity index (χ4n) is 4.13. The number of carbonyl (C=O) groups is 2. The second kappa shape index (κ2) is 7.80. The Bertz CT molecular complexity index is 820. The molecule has 2 fully saturated rings. The third-order valence-corrected chi connectivity index (χ3v) is 6.72. The predicted octanol–water partition coefficient (Wildman–Crippen LogP) is 3.56. The van der Waals surface area contributed by atoms with Crippen LogP contribution in [0.15, 0.2) is 51.8 Å². The van der Waals surface area contributed by atoms with Crippen LogP contribution in [-0.4, -0.2) is 36.3 Å². The number of hydrogen-bond acceptors (Lipinski definition) is 4. The first kappa shape index (κ1) is 18.2. The van der Waals surface area contributed by atoms with Crippen molar-refractivity contribution in [2.45, 2.75) is 36.0 Å².